The van der Waals surface area contributed by atoms with Crippen molar-refractivity contribution in [1.29, 1.82) is 0 Å². The maximum atomic E-state index is 12.8. The quantitative estimate of drug-likeness (QED) is 0.306. The van der Waals surface area contributed by atoms with Crippen molar-refractivity contribution in [2.45, 2.75) is 33.4 Å². The van der Waals surface area contributed by atoms with Gasteiger partial charge in [0.15, 0.2) is 17.6 Å². The van der Waals surface area contributed by atoms with E-state index in [0.717, 1.165) is 4.90 Å². The number of urea groups is 1. The van der Waals surface area contributed by atoms with E-state index in [-0.39, 0.29) is 30.4 Å². The SMILES string of the molecule is CCOC(=O)[C@H](C)Oc1ccc(/C=C2\NC(=O)N(Cc3ccc(C(=O)OC)o3)C2=O)cc1OCC. The van der Waals surface area contributed by atoms with Crippen LogP contribution in [0.1, 0.15) is 42.6 Å². The van der Waals surface area contributed by atoms with Crippen LogP contribution in [0, 0.1) is 0 Å². The van der Waals surface area contributed by atoms with E-state index in [0.29, 0.717) is 23.7 Å². The van der Waals surface area contributed by atoms with E-state index in [2.05, 4.69) is 10.1 Å². The van der Waals surface area contributed by atoms with Crippen LogP contribution >= 0.6 is 0 Å². The standard InChI is InChI=1S/C24H26N2O9/c1-5-32-20-12-15(7-9-18(20)34-14(3)22(28)33-6-2)11-17-21(27)26(24(30)25-17)13-16-8-10-19(35-16)23(29)31-4/h7-12,14H,5-6,13H2,1-4H3,(H,25,30)/b17-11-/t14-/m0/s1. The molecule has 3 amide bonds. The summed E-state index contributed by atoms with van der Waals surface area (Å²) in [4.78, 5) is 49.6. The first-order valence-electron chi connectivity index (χ1n) is 10.9. The molecule has 1 aromatic heterocycles. The summed E-state index contributed by atoms with van der Waals surface area (Å²) >= 11 is 0. The number of ether oxygens (including phenoxy) is 4. The minimum atomic E-state index is -0.844. The highest BCUT2D eigenvalue weighted by Gasteiger charge is 2.34. The molecule has 1 aliphatic rings. The molecule has 0 bridgehead atoms. The second-order valence-electron chi connectivity index (χ2n) is 7.29. The first-order valence-corrected chi connectivity index (χ1v) is 10.9. The number of hydrogen-bond acceptors (Lipinski definition) is 9. The number of nitrogens with zero attached hydrogens (tertiary/aromatic N) is 1. The van der Waals surface area contributed by atoms with Gasteiger partial charge < -0.3 is 28.7 Å². The lowest BCUT2D eigenvalue weighted by molar-refractivity contribution is -0.150. The second kappa shape index (κ2) is 11.2. The average molecular weight is 486 g/mol. The number of amides is 3. The molecule has 0 saturated carbocycles. The van der Waals surface area contributed by atoms with Crippen LogP contribution in [-0.4, -0.2) is 55.2 Å². The average Bonchev–Trinajstić information content (AvgIpc) is 3.41. The van der Waals surface area contributed by atoms with Gasteiger partial charge in [0.05, 0.1) is 26.9 Å². The number of carbonyl (C=O) groups excluding carboxylic acids is 4. The summed E-state index contributed by atoms with van der Waals surface area (Å²) in [6.45, 7) is 5.48. The third-order valence-electron chi connectivity index (χ3n) is 4.83. The van der Waals surface area contributed by atoms with E-state index in [1.54, 1.807) is 39.0 Å². The molecule has 1 atom stereocenters. The molecule has 2 heterocycles. The Hall–Kier alpha value is -4.28. The maximum absolute atomic E-state index is 12.8. The molecule has 1 aromatic carbocycles. The van der Waals surface area contributed by atoms with Crippen molar-refractivity contribution in [3.63, 3.8) is 0 Å². The summed E-state index contributed by atoms with van der Waals surface area (Å²) in [5.74, 6) is -0.840. The van der Waals surface area contributed by atoms with Gasteiger partial charge in [0.2, 0.25) is 5.76 Å². The van der Waals surface area contributed by atoms with E-state index < -0.39 is 30.0 Å². The summed E-state index contributed by atoms with van der Waals surface area (Å²) in [7, 11) is 1.22. The molecule has 0 spiro atoms. The molecule has 1 fully saturated rings. The van der Waals surface area contributed by atoms with Gasteiger partial charge in [0.1, 0.15) is 11.5 Å². The molecule has 11 nitrogen and oxygen atoms in total. The van der Waals surface area contributed by atoms with E-state index in [4.69, 9.17) is 18.6 Å². The normalized spacial score (nSPS) is 15.1. The van der Waals surface area contributed by atoms with Gasteiger partial charge in [-0.2, -0.15) is 0 Å². The minimum Gasteiger partial charge on any atom is -0.490 e. The highest BCUT2D eigenvalue weighted by molar-refractivity contribution is 6.13. The molecular weight excluding hydrogens is 460 g/mol. The van der Waals surface area contributed by atoms with Gasteiger partial charge in [-0.05, 0) is 56.7 Å². The summed E-state index contributed by atoms with van der Waals surface area (Å²) in [6.07, 6.45) is 0.646. The topological polar surface area (TPSA) is 134 Å². The van der Waals surface area contributed by atoms with Crippen molar-refractivity contribution in [2.75, 3.05) is 20.3 Å². The van der Waals surface area contributed by atoms with Gasteiger partial charge in [0, 0.05) is 0 Å². The summed E-state index contributed by atoms with van der Waals surface area (Å²) < 4.78 is 26.2. The summed E-state index contributed by atoms with van der Waals surface area (Å²) in [6, 6.07) is 7.13. The Bertz CT molecular complexity index is 1150. The molecule has 1 N–H and O–H groups in total. The van der Waals surface area contributed by atoms with Crippen molar-refractivity contribution in [2.24, 2.45) is 0 Å². The number of imide groups is 1. The number of nitrogens with one attached hydrogen (secondary N) is 1. The first kappa shape index (κ1) is 25.3. The molecule has 3 rings (SSSR count). The molecule has 2 aromatic rings. The van der Waals surface area contributed by atoms with Gasteiger partial charge in [-0.3, -0.25) is 9.69 Å². The molecular formula is C24H26N2O9. The Kier molecular flexibility index (Phi) is 8.13. The fourth-order valence-corrected chi connectivity index (χ4v) is 3.19. The van der Waals surface area contributed by atoms with Gasteiger partial charge in [-0.15, -0.1) is 0 Å². The third-order valence-corrected chi connectivity index (χ3v) is 4.83. The largest absolute Gasteiger partial charge is 0.490 e. The van der Waals surface area contributed by atoms with Crippen molar-refractivity contribution < 1.29 is 42.5 Å². The number of benzene rings is 1. The number of carbonyl (C=O) groups is 4. The van der Waals surface area contributed by atoms with Crippen LogP contribution < -0.4 is 14.8 Å². The fraction of sp³-hybridized carbons (Fsp3) is 0.333. The Morgan fingerprint density at radius 2 is 1.89 bits per heavy atom. The van der Waals surface area contributed by atoms with E-state index >= 15 is 0 Å². The Morgan fingerprint density at radius 1 is 1.11 bits per heavy atom. The summed E-state index contributed by atoms with van der Waals surface area (Å²) in [5, 5.41) is 2.52. The van der Waals surface area contributed by atoms with E-state index in [1.165, 1.54) is 25.3 Å². The third kappa shape index (κ3) is 5.99. The van der Waals surface area contributed by atoms with Crippen LogP contribution in [0.4, 0.5) is 4.79 Å². The molecule has 1 aliphatic heterocycles. The number of methoxy groups -OCH3 is 1. The van der Waals surface area contributed by atoms with Crippen molar-refractivity contribution >= 4 is 30.0 Å². The number of hydrogen-bond donors (Lipinski definition) is 1. The van der Waals surface area contributed by atoms with Crippen LogP contribution in [0.15, 0.2) is 40.4 Å². The van der Waals surface area contributed by atoms with Crippen LogP contribution in [-0.2, 0) is 25.6 Å². The van der Waals surface area contributed by atoms with Gasteiger partial charge in [-0.25, -0.2) is 14.4 Å². The van der Waals surface area contributed by atoms with Gasteiger partial charge in [-0.1, -0.05) is 6.07 Å². The zero-order chi connectivity index (χ0) is 25.5. The monoisotopic (exact) mass is 486 g/mol. The summed E-state index contributed by atoms with van der Waals surface area (Å²) in [5.41, 5.74) is 0.604. The van der Waals surface area contributed by atoms with Crippen molar-refractivity contribution in [3.05, 3.63) is 53.1 Å². The lowest BCUT2D eigenvalue weighted by atomic mass is 10.1. The molecule has 0 aliphatic carbocycles. The molecule has 1 saturated heterocycles. The predicted octanol–water partition coefficient (Wildman–Crippen LogP) is 2.89. The molecule has 35 heavy (non-hydrogen) atoms. The lowest BCUT2D eigenvalue weighted by Crippen LogP contribution is -2.30. The zero-order valence-electron chi connectivity index (χ0n) is 19.8. The first-order chi connectivity index (χ1) is 16.8. The minimum absolute atomic E-state index is 0.0339. The smallest absolute Gasteiger partial charge is 0.373 e. The van der Waals surface area contributed by atoms with Gasteiger partial charge >= 0.3 is 18.0 Å². The van der Waals surface area contributed by atoms with Crippen LogP contribution in [0.25, 0.3) is 6.08 Å². The molecule has 0 radical (unpaired) electrons. The van der Waals surface area contributed by atoms with E-state index in [1.807, 2.05) is 0 Å². The number of esters is 2. The Labute approximate surface area is 201 Å². The Morgan fingerprint density at radius 3 is 2.57 bits per heavy atom. The molecule has 0 unspecified atom stereocenters. The number of furan rings is 1. The lowest BCUT2D eigenvalue weighted by Gasteiger charge is -2.16. The highest BCUT2D eigenvalue weighted by Crippen LogP contribution is 2.31. The van der Waals surface area contributed by atoms with Crippen LogP contribution in [0.2, 0.25) is 0 Å². The fourth-order valence-electron chi connectivity index (χ4n) is 3.19. The van der Waals surface area contributed by atoms with E-state index in [9.17, 15) is 19.2 Å². The van der Waals surface area contributed by atoms with Crippen LogP contribution in [0.5, 0.6) is 11.5 Å². The van der Waals surface area contributed by atoms with Crippen LogP contribution in [0.3, 0.4) is 0 Å². The Balaban J connectivity index is 1.77. The molecule has 186 valence electrons. The highest BCUT2D eigenvalue weighted by atomic mass is 16.6. The zero-order valence-corrected chi connectivity index (χ0v) is 19.8. The maximum Gasteiger partial charge on any atom is 0.373 e. The number of rotatable bonds is 10. The second-order valence-corrected chi connectivity index (χ2v) is 7.29. The van der Waals surface area contributed by atoms with Crippen molar-refractivity contribution in [3.8, 4) is 11.5 Å². The van der Waals surface area contributed by atoms with Gasteiger partial charge in [0.25, 0.3) is 5.91 Å². The molecule has 11 heteroatoms. The predicted molar refractivity (Wildman–Crippen MR) is 121 cm³/mol. The van der Waals surface area contributed by atoms with Crippen molar-refractivity contribution in [1.82, 2.24) is 10.2 Å².